The molecule has 1 heterocycles. The Morgan fingerprint density at radius 1 is 1.10 bits per heavy atom. The molecule has 0 fully saturated rings. The number of benzene rings is 2. The van der Waals surface area contributed by atoms with Crippen molar-refractivity contribution in [1.29, 1.82) is 0 Å². The number of unbranched alkanes of at least 4 members (excludes halogenated alkanes) is 1. The van der Waals surface area contributed by atoms with Crippen LogP contribution in [-0.2, 0) is 20.7 Å². The lowest BCUT2D eigenvalue weighted by Gasteiger charge is -2.14. The lowest BCUT2D eigenvalue weighted by atomic mass is 10.0. The van der Waals surface area contributed by atoms with Crippen molar-refractivity contribution < 1.29 is 28.0 Å². The van der Waals surface area contributed by atoms with E-state index in [0.717, 1.165) is 36.1 Å². The number of carbonyl (C=O) groups excluding carboxylic acids is 2. The van der Waals surface area contributed by atoms with Crippen LogP contribution >= 0.6 is 11.8 Å². The number of amides is 1. The van der Waals surface area contributed by atoms with Gasteiger partial charge in [0.25, 0.3) is 0 Å². The minimum atomic E-state index is -0.673. The van der Waals surface area contributed by atoms with Gasteiger partial charge in [0.1, 0.15) is 17.2 Å². The third kappa shape index (κ3) is 9.73. The van der Waals surface area contributed by atoms with E-state index in [4.69, 9.17) is 14.0 Å². The standard InChI is InChI=1S/C30H37FN2O5S/c1-4-6-9-22(5-2)20-37-27(34)17-19-39-25-14-12-24(13-15-25)29-28(21(3)33-38-29)32-30(35)36-18-16-23-10-7-8-11-26(23)31/h7-8,10-15,22H,4-6,9,16-20H2,1-3H3,(H,32,35)/t22-/m1/s1. The Morgan fingerprint density at radius 2 is 1.87 bits per heavy atom. The van der Waals surface area contributed by atoms with Crippen molar-refractivity contribution in [3.63, 3.8) is 0 Å². The predicted molar refractivity (Wildman–Crippen MR) is 151 cm³/mol. The number of hydrogen-bond donors (Lipinski definition) is 1. The van der Waals surface area contributed by atoms with Crippen LogP contribution in [0.3, 0.4) is 0 Å². The van der Waals surface area contributed by atoms with E-state index >= 15 is 0 Å². The average Bonchev–Trinajstić information content (AvgIpc) is 3.29. The molecule has 0 aliphatic heterocycles. The van der Waals surface area contributed by atoms with Crippen molar-refractivity contribution in [2.45, 2.75) is 64.2 Å². The topological polar surface area (TPSA) is 90.7 Å². The maximum atomic E-state index is 13.8. The Kier molecular flexibility index (Phi) is 12.3. The Hall–Kier alpha value is -3.33. The first-order valence-corrected chi connectivity index (χ1v) is 14.4. The Balaban J connectivity index is 1.46. The van der Waals surface area contributed by atoms with Gasteiger partial charge in [0.15, 0.2) is 5.76 Å². The van der Waals surface area contributed by atoms with Gasteiger partial charge in [-0.05, 0) is 55.2 Å². The van der Waals surface area contributed by atoms with E-state index in [1.807, 2.05) is 24.3 Å². The largest absolute Gasteiger partial charge is 0.465 e. The molecule has 0 aliphatic rings. The second-order valence-electron chi connectivity index (χ2n) is 9.30. The first-order chi connectivity index (χ1) is 18.9. The molecule has 210 valence electrons. The SMILES string of the molecule is CCCC[C@@H](CC)COC(=O)CCSc1ccc(-c2onc(C)c2NC(=O)OCCc2ccccc2F)cc1. The first-order valence-electron chi connectivity index (χ1n) is 13.4. The minimum absolute atomic E-state index is 0.0317. The number of ether oxygens (including phenoxy) is 2. The van der Waals surface area contributed by atoms with Crippen LogP contribution in [-0.4, -0.2) is 36.2 Å². The minimum Gasteiger partial charge on any atom is -0.465 e. The molecule has 0 radical (unpaired) electrons. The van der Waals surface area contributed by atoms with Crippen LogP contribution in [0, 0.1) is 18.7 Å². The van der Waals surface area contributed by atoms with E-state index in [0.29, 0.717) is 47.4 Å². The van der Waals surface area contributed by atoms with Crippen LogP contribution in [0.1, 0.15) is 57.2 Å². The summed E-state index contributed by atoms with van der Waals surface area (Å²) in [5, 5.41) is 6.66. The molecule has 0 unspecified atom stereocenters. The number of esters is 1. The van der Waals surface area contributed by atoms with Crippen LogP contribution < -0.4 is 5.32 Å². The van der Waals surface area contributed by atoms with Gasteiger partial charge in [-0.25, -0.2) is 9.18 Å². The molecule has 0 saturated heterocycles. The van der Waals surface area contributed by atoms with Crippen LogP contribution in [0.2, 0.25) is 0 Å². The number of thioether (sulfide) groups is 1. The zero-order valence-corrected chi connectivity index (χ0v) is 23.7. The number of nitrogens with zero attached hydrogens (tertiary/aromatic N) is 1. The van der Waals surface area contributed by atoms with E-state index in [-0.39, 0.29) is 24.8 Å². The molecular weight excluding hydrogens is 519 g/mol. The van der Waals surface area contributed by atoms with Gasteiger partial charge in [-0.2, -0.15) is 0 Å². The highest BCUT2D eigenvalue weighted by molar-refractivity contribution is 7.99. The number of carbonyl (C=O) groups is 2. The molecule has 1 N–H and O–H groups in total. The molecule has 9 heteroatoms. The van der Waals surface area contributed by atoms with E-state index in [1.54, 1.807) is 36.9 Å². The number of aromatic nitrogens is 1. The second-order valence-corrected chi connectivity index (χ2v) is 10.5. The first kappa shape index (κ1) is 30.2. The number of anilines is 1. The lowest BCUT2D eigenvalue weighted by molar-refractivity contribution is -0.144. The summed E-state index contributed by atoms with van der Waals surface area (Å²) in [4.78, 5) is 25.5. The number of aryl methyl sites for hydroxylation is 1. The van der Waals surface area contributed by atoms with Gasteiger partial charge in [-0.3, -0.25) is 10.1 Å². The fourth-order valence-electron chi connectivity index (χ4n) is 3.94. The van der Waals surface area contributed by atoms with Crippen molar-refractivity contribution in [3.8, 4) is 11.3 Å². The van der Waals surface area contributed by atoms with Gasteiger partial charge in [-0.15, -0.1) is 11.8 Å². The predicted octanol–water partition coefficient (Wildman–Crippen LogP) is 7.82. The molecule has 1 aromatic heterocycles. The van der Waals surface area contributed by atoms with Crippen LogP contribution in [0.15, 0.2) is 57.9 Å². The summed E-state index contributed by atoms with van der Waals surface area (Å²) >= 11 is 1.57. The van der Waals surface area contributed by atoms with E-state index < -0.39 is 6.09 Å². The molecule has 3 aromatic rings. The molecule has 39 heavy (non-hydrogen) atoms. The van der Waals surface area contributed by atoms with E-state index in [1.165, 1.54) is 6.07 Å². The highest BCUT2D eigenvalue weighted by Gasteiger charge is 2.18. The second kappa shape index (κ2) is 15.9. The highest BCUT2D eigenvalue weighted by atomic mass is 32.2. The summed E-state index contributed by atoms with van der Waals surface area (Å²) in [6.45, 7) is 6.55. The van der Waals surface area contributed by atoms with Gasteiger partial charge in [0.05, 0.1) is 19.6 Å². The van der Waals surface area contributed by atoms with Crippen molar-refractivity contribution in [3.05, 3.63) is 65.6 Å². The summed E-state index contributed by atoms with van der Waals surface area (Å²) in [5.41, 5.74) is 2.14. The fourth-order valence-corrected chi connectivity index (χ4v) is 4.78. The summed E-state index contributed by atoms with van der Waals surface area (Å²) in [6.07, 6.45) is 4.38. The average molecular weight is 557 g/mol. The maximum Gasteiger partial charge on any atom is 0.411 e. The summed E-state index contributed by atoms with van der Waals surface area (Å²) in [5.74, 6) is 0.976. The molecule has 0 bridgehead atoms. The molecule has 7 nitrogen and oxygen atoms in total. The third-order valence-electron chi connectivity index (χ3n) is 6.37. The molecule has 2 aromatic carbocycles. The lowest BCUT2D eigenvalue weighted by Crippen LogP contribution is -2.16. The smallest absolute Gasteiger partial charge is 0.411 e. The Bertz CT molecular complexity index is 1200. The number of hydrogen-bond acceptors (Lipinski definition) is 7. The number of nitrogens with one attached hydrogen (secondary N) is 1. The van der Waals surface area contributed by atoms with Crippen LogP contribution in [0.25, 0.3) is 11.3 Å². The van der Waals surface area contributed by atoms with Crippen molar-refractivity contribution in [2.24, 2.45) is 5.92 Å². The highest BCUT2D eigenvalue weighted by Crippen LogP contribution is 2.32. The van der Waals surface area contributed by atoms with E-state index in [2.05, 4.69) is 24.3 Å². The Morgan fingerprint density at radius 3 is 2.59 bits per heavy atom. The summed E-state index contributed by atoms with van der Waals surface area (Å²) in [7, 11) is 0. The normalized spacial score (nSPS) is 11.7. The van der Waals surface area contributed by atoms with Crippen molar-refractivity contribution >= 4 is 29.5 Å². The summed E-state index contributed by atoms with van der Waals surface area (Å²) < 4.78 is 29.9. The molecule has 0 aliphatic carbocycles. The van der Waals surface area contributed by atoms with Gasteiger partial charge < -0.3 is 14.0 Å². The van der Waals surface area contributed by atoms with E-state index in [9.17, 15) is 14.0 Å². The molecule has 1 atom stereocenters. The van der Waals surface area contributed by atoms with Crippen molar-refractivity contribution in [2.75, 3.05) is 24.3 Å². The zero-order chi connectivity index (χ0) is 28.0. The van der Waals surface area contributed by atoms with Gasteiger partial charge in [0.2, 0.25) is 0 Å². The number of rotatable bonds is 15. The molecule has 3 rings (SSSR count). The van der Waals surface area contributed by atoms with Gasteiger partial charge in [0, 0.05) is 22.6 Å². The van der Waals surface area contributed by atoms with Crippen LogP contribution in [0.5, 0.6) is 0 Å². The van der Waals surface area contributed by atoms with Gasteiger partial charge >= 0.3 is 12.1 Å². The monoisotopic (exact) mass is 556 g/mol. The zero-order valence-electron chi connectivity index (χ0n) is 22.8. The quantitative estimate of drug-likeness (QED) is 0.151. The van der Waals surface area contributed by atoms with Gasteiger partial charge in [-0.1, -0.05) is 56.5 Å². The fraction of sp³-hybridized carbons (Fsp3) is 0.433. The summed E-state index contributed by atoms with van der Waals surface area (Å²) in [6, 6.07) is 14.0. The van der Waals surface area contributed by atoms with Crippen molar-refractivity contribution in [1.82, 2.24) is 5.16 Å². The maximum absolute atomic E-state index is 13.8. The molecule has 0 spiro atoms. The van der Waals surface area contributed by atoms with Crippen LogP contribution in [0.4, 0.5) is 14.9 Å². The number of halogens is 1. The molecule has 1 amide bonds. The Labute approximate surface area is 233 Å². The third-order valence-corrected chi connectivity index (χ3v) is 7.38. The molecular formula is C30H37FN2O5S. The molecule has 0 saturated carbocycles.